The Bertz CT molecular complexity index is 907. The van der Waals surface area contributed by atoms with Crippen LogP contribution in [0.5, 0.6) is 0 Å². The summed E-state index contributed by atoms with van der Waals surface area (Å²) in [7, 11) is 1.28. The molecular weight excluding hydrogens is 361 g/mol. The minimum Gasteiger partial charge on any atom is -0.464 e. The molecule has 1 aliphatic heterocycles. The number of rotatable bonds is 2. The lowest BCUT2D eigenvalue weighted by molar-refractivity contribution is -0.136. The molecule has 0 atom stereocenters. The molecule has 0 amide bonds. The van der Waals surface area contributed by atoms with Crippen LogP contribution in [0.4, 0.5) is 5.69 Å². The minimum atomic E-state index is -0.616. The van der Waals surface area contributed by atoms with Gasteiger partial charge in [-0.05, 0) is 24.3 Å². The lowest BCUT2D eigenvalue weighted by atomic mass is 10.0. The van der Waals surface area contributed by atoms with E-state index in [0.717, 1.165) is 16.8 Å². The first-order valence-electron chi connectivity index (χ1n) is 7.44. The normalized spacial score (nSPS) is 15.4. The summed E-state index contributed by atoms with van der Waals surface area (Å²) in [4.78, 5) is 16.4. The summed E-state index contributed by atoms with van der Waals surface area (Å²) in [5.74, 6) is -0.616. The number of carbonyl (C=O) groups excluding carboxylic acids is 1. The van der Waals surface area contributed by atoms with Gasteiger partial charge in [0.1, 0.15) is 5.70 Å². The third-order valence-electron chi connectivity index (χ3n) is 3.78. The Morgan fingerprint density at radius 3 is 2.68 bits per heavy atom. The molecule has 25 heavy (non-hydrogen) atoms. The average Bonchev–Trinajstić information content (AvgIpc) is 2.80. The van der Waals surface area contributed by atoms with Gasteiger partial charge in [-0.1, -0.05) is 41.4 Å². The number of anilines is 1. The van der Waals surface area contributed by atoms with Crippen LogP contribution in [0.1, 0.15) is 11.1 Å². The highest BCUT2D eigenvalue weighted by atomic mass is 35.5. The molecule has 128 valence electrons. The Balaban J connectivity index is 2.20. The van der Waals surface area contributed by atoms with Gasteiger partial charge in [0.05, 0.1) is 25.1 Å². The van der Waals surface area contributed by atoms with Gasteiger partial charge in [-0.3, -0.25) is 4.99 Å². The van der Waals surface area contributed by atoms with Crippen LogP contribution < -0.4 is 11.1 Å². The molecule has 1 aliphatic rings. The number of hydrogen-bond acceptors (Lipinski definition) is 5. The number of aliphatic imine (C=N–C) groups is 1. The van der Waals surface area contributed by atoms with Crippen LogP contribution in [0.15, 0.2) is 58.9 Å². The van der Waals surface area contributed by atoms with Crippen molar-refractivity contribution in [3.05, 3.63) is 75.0 Å². The fourth-order valence-electron chi connectivity index (χ4n) is 2.54. The molecule has 3 N–H and O–H groups in total. The van der Waals surface area contributed by atoms with Gasteiger partial charge in [-0.25, -0.2) is 4.79 Å². The maximum absolute atomic E-state index is 11.8. The average molecular weight is 376 g/mol. The number of carbonyl (C=O) groups is 1. The lowest BCUT2D eigenvalue weighted by Crippen LogP contribution is -2.20. The maximum atomic E-state index is 11.8. The van der Waals surface area contributed by atoms with Crippen molar-refractivity contribution in [3.8, 4) is 0 Å². The van der Waals surface area contributed by atoms with E-state index in [0.29, 0.717) is 21.5 Å². The highest BCUT2D eigenvalue weighted by Gasteiger charge is 2.21. The zero-order chi connectivity index (χ0) is 18.0. The predicted octanol–water partition coefficient (Wildman–Crippen LogP) is 3.60. The Labute approximate surface area is 155 Å². The summed E-state index contributed by atoms with van der Waals surface area (Å²) in [6.45, 7) is 0.174. The number of ether oxygens (including phenoxy) is 1. The highest BCUT2D eigenvalue weighted by molar-refractivity contribution is 6.36. The van der Waals surface area contributed by atoms with Gasteiger partial charge in [0.2, 0.25) is 0 Å². The fraction of sp³-hybridized carbons (Fsp3) is 0.111. The highest BCUT2D eigenvalue weighted by Crippen LogP contribution is 2.30. The van der Waals surface area contributed by atoms with Crippen molar-refractivity contribution in [2.75, 3.05) is 19.0 Å². The number of fused-ring (bicyclic) bond motifs is 1. The van der Waals surface area contributed by atoms with Crippen molar-refractivity contribution in [3.63, 3.8) is 0 Å². The van der Waals surface area contributed by atoms with E-state index >= 15 is 0 Å². The molecule has 5 nitrogen and oxygen atoms in total. The van der Waals surface area contributed by atoms with Crippen LogP contribution >= 0.6 is 23.2 Å². The maximum Gasteiger partial charge on any atom is 0.355 e. The predicted molar refractivity (Wildman–Crippen MR) is 100 cm³/mol. The molecule has 3 rings (SSSR count). The molecule has 0 aliphatic carbocycles. The standard InChI is InChI=1S/C18H15Cl2N3O2/c1-25-18(24)16(21)15-9-22-17(11-4-2-3-5-13(11)20)12-8-10(19)6-7-14(12)23-15/h2-8,23H,9,21H2,1H3/b16-15+. The molecule has 0 spiro atoms. The number of hydrogen-bond donors (Lipinski definition) is 2. The van der Waals surface area contributed by atoms with Crippen LogP contribution in [0.3, 0.4) is 0 Å². The molecule has 7 heteroatoms. The van der Waals surface area contributed by atoms with Crippen molar-refractivity contribution >= 4 is 40.6 Å². The van der Waals surface area contributed by atoms with Crippen LogP contribution in [-0.4, -0.2) is 25.3 Å². The zero-order valence-corrected chi connectivity index (χ0v) is 14.9. The summed E-state index contributed by atoms with van der Waals surface area (Å²) in [5, 5.41) is 4.29. The number of methoxy groups -OCH3 is 1. The number of benzene rings is 2. The van der Waals surface area contributed by atoms with Crippen molar-refractivity contribution in [1.82, 2.24) is 0 Å². The Hall–Kier alpha value is -2.50. The molecule has 0 aromatic heterocycles. The monoisotopic (exact) mass is 375 g/mol. The summed E-state index contributed by atoms with van der Waals surface area (Å²) in [6.07, 6.45) is 0. The summed E-state index contributed by atoms with van der Waals surface area (Å²) in [6, 6.07) is 12.7. The Kier molecular flexibility index (Phi) is 4.97. The summed E-state index contributed by atoms with van der Waals surface area (Å²) >= 11 is 12.5. The van der Waals surface area contributed by atoms with Gasteiger partial charge < -0.3 is 15.8 Å². The summed E-state index contributed by atoms with van der Waals surface area (Å²) < 4.78 is 4.69. The molecule has 0 radical (unpaired) electrons. The van der Waals surface area contributed by atoms with Crippen molar-refractivity contribution in [2.45, 2.75) is 0 Å². The molecule has 0 saturated carbocycles. The first-order chi connectivity index (χ1) is 12.0. The van der Waals surface area contributed by atoms with Crippen molar-refractivity contribution in [2.24, 2.45) is 10.7 Å². The van der Waals surface area contributed by atoms with Gasteiger partial charge in [-0.15, -0.1) is 0 Å². The van der Waals surface area contributed by atoms with E-state index in [1.165, 1.54) is 7.11 Å². The van der Waals surface area contributed by atoms with Gasteiger partial charge >= 0.3 is 5.97 Å². The van der Waals surface area contributed by atoms with Crippen LogP contribution in [0.25, 0.3) is 0 Å². The number of halogens is 2. The third-order valence-corrected chi connectivity index (χ3v) is 4.34. The number of nitrogens with one attached hydrogen (secondary N) is 1. The van der Waals surface area contributed by atoms with Crippen LogP contribution in [0, 0.1) is 0 Å². The molecule has 0 unspecified atom stereocenters. The van der Waals surface area contributed by atoms with E-state index in [9.17, 15) is 4.79 Å². The molecule has 0 bridgehead atoms. The van der Waals surface area contributed by atoms with Crippen molar-refractivity contribution < 1.29 is 9.53 Å². The zero-order valence-electron chi connectivity index (χ0n) is 13.3. The quantitative estimate of drug-likeness (QED) is 0.620. The Morgan fingerprint density at radius 1 is 1.20 bits per heavy atom. The molecule has 1 heterocycles. The number of esters is 1. The van der Waals surface area contributed by atoms with E-state index in [4.69, 9.17) is 33.7 Å². The van der Waals surface area contributed by atoms with Crippen LogP contribution in [-0.2, 0) is 9.53 Å². The molecule has 0 fully saturated rings. The van der Waals surface area contributed by atoms with Gasteiger partial charge in [-0.2, -0.15) is 0 Å². The first kappa shape index (κ1) is 17.3. The second kappa shape index (κ2) is 7.17. The minimum absolute atomic E-state index is 0.0208. The number of nitrogens with zero attached hydrogens (tertiary/aromatic N) is 1. The second-order valence-corrected chi connectivity index (χ2v) is 6.19. The number of nitrogens with two attached hydrogens (primary N) is 1. The first-order valence-corrected chi connectivity index (χ1v) is 8.20. The Morgan fingerprint density at radius 2 is 1.96 bits per heavy atom. The SMILES string of the molecule is COC(=O)/C(N)=C1/CN=C(c2ccccc2Cl)c2cc(Cl)ccc2N1. The van der Waals surface area contributed by atoms with E-state index in [1.54, 1.807) is 24.3 Å². The molecule has 0 saturated heterocycles. The topological polar surface area (TPSA) is 76.7 Å². The smallest absolute Gasteiger partial charge is 0.355 e. The fourth-order valence-corrected chi connectivity index (χ4v) is 2.93. The van der Waals surface area contributed by atoms with Gasteiger partial charge in [0.25, 0.3) is 0 Å². The lowest BCUT2D eigenvalue weighted by Gasteiger charge is -2.13. The van der Waals surface area contributed by atoms with E-state index in [2.05, 4.69) is 10.3 Å². The second-order valence-electron chi connectivity index (χ2n) is 5.34. The molecule has 2 aromatic carbocycles. The van der Waals surface area contributed by atoms with E-state index in [-0.39, 0.29) is 12.2 Å². The van der Waals surface area contributed by atoms with Gasteiger partial charge in [0.15, 0.2) is 0 Å². The largest absolute Gasteiger partial charge is 0.464 e. The third kappa shape index (κ3) is 3.48. The van der Waals surface area contributed by atoms with Gasteiger partial charge in [0, 0.05) is 26.9 Å². The van der Waals surface area contributed by atoms with E-state index < -0.39 is 5.97 Å². The number of benzodiazepines with no additional fused rings is 1. The summed E-state index contributed by atoms with van der Waals surface area (Å²) in [5.41, 5.74) is 9.27. The van der Waals surface area contributed by atoms with Crippen LogP contribution in [0.2, 0.25) is 10.0 Å². The molecule has 2 aromatic rings. The van der Waals surface area contributed by atoms with E-state index in [1.807, 2.05) is 18.2 Å². The van der Waals surface area contributed by atoms with Crippen molar-refractivity contribution in [1.29, 1.82) is 0 Å². The molecular formula is C18H15Cl2N3O2.